The van der Waals surface area contributed by atoms with Gasteiger partial charge in [0.05, 0.1) is 25.2 Å². The molecule has 3 rings (SSSR count). The van der Waals surface area contributed by atoms with Gasteiger partial charge in [-0.1, -0.05) is 36.4 Å². The molecular weight excluding hydrogens is 288 g/mol. The predicted molar refractivity (Wildman–Crippen MR) is 89.1 cm³/mol. The molecule has 1 amide bonds. The number of hydrogen-bond donors (Lipinski definition) is 0. The summed E-state index contributed by atoms with van der Waals surface area (Å²) >= 11 is 0. The number of aromatic nitrogens is 1. The summed E-state index contributed by atoms with van der Waals surface area (Å²) in [7, 11) is 0. The number of pyridine rings is 1. The third kappa shape index (κ3) is 3.77. The number of carbonyl (C=O) groups is 1. The molecule has 1 aromatic heterocycles. The van der Waals surface area contributed by atoms with Crippen LogP contribution < -0.4 is 0 Å². The molecule has 2 atom stereocenters. The second kappa shape index (κ2) is 7.38. The Labute approximate surface area is 137 Å². The number of carbonyl (C=O) groups excluding carboxylic acids is 1. The van der Waals surface area contributed by atoms with E-state index in [0.717, 1.165) is 11.1 Å². The summed E-state index contributed by atoms with van der Waals surface area (Å²) in [6.07, 6.45) is 4.26. The topological polar surface area (TPSA) is 42.4 Å². The van der Waals surface area contributed by atoms with E-state index in [1.54, 1.807) is 6.20 Å². The van der Waals surface area contributed by atoms with Crippen LogP contribution in [0.4, 0.5) is 0 Å². The van der Waals surface area contributed by atoms with Crippen LogP contribution in [-0.4, -0.2) is 41.6 Å². The van der Waals surface area contributed by atoms with Crippen LogP contribution in [-0.2, 0) is 16.0 Å². The molecule has 1 aliphatic heterocycles. The van der Waals surface area contributed by atoms with Crippen molar-refractivity contribution in [1.82, 2.24) is 9.88 Å². The number of benzene rings is 1. The molecule has 0 aliphatic carbocycles. The molecule has 1 saturated heterocycles. The quantitative estimate of drug-likeness (QED) is 0.872. The molecule has 0 spiro atoms. The van der Waals surface area contributed by atoms with Gasteiger partial charge < -0.3 is 9.64 Å². The van der Waals surface area contributed by atoms with E-state index in [0.29, 0.717) is 26.2 Å². The van der Waals surface area contributed by atoms with Crippen molar-refractivity contribution < 1.29 is 9.53 Å². The molecule has 2 heterocycles. The van der Waals surface area contributed by atoms with E-state index in [4.69, 9.17) is 4.74 Å². The lowest BCUT2D eigenvalue weighted by atomic mass is 9.90. The lowest BCUT2D eigenvalue weighted by Crippen LogP contribution is -2.49. The minimum atomic E-state index is -0.180. The van der Waals surface area contributed by atoms with E-state index in [9.17, 15) is 4.79 Å². The third-order valence-electron chi connectivity index (χ3n) is 4.31. The monoisotopic (exact) mass is 310 g/mol. The van der Waals surface area contributed by atoms with Gasteiger partial charge in [0.2, 0.25) is 5.91 Å². The summed E-state index contributed by atoms with van der Waals surface area (Å²) in [5, 5.41) is 0. The van der Waals surface area contributed by atoms with Crippen LogP contribution in [0.15, 0.2) is 54.9 Å². The highest BCUT2D eigenvalue weighted by Gasteiger charge is 2.30. The summed E-state index contributed by atoms with van der Waals surface area (Å²) in [4.78, 5) is 19.3. The first-order valence-electron chi connectivity index (χ1n) is 8.08. The Morgan fingerprint density at radius 3 is 2.83 bits per heavy atom. The molecule has 0 bridgehead atoms. The first kappa shape index (κ1) is 15.7. The molecule has 1 fully saturated rings. The summed E-state index contributed by atoms with van der Waals surface area (Å²) in [5.41, 5.74) is 2.13. The maximum absolute atomic E-state index is 13.2. The summed E-state index contributed by atoms with van der Waals surface area (Å²) in [6.45, 7) is 3.93. The van der Waals surface area contributed by atoms with Gasteiger partial charge in [0.25, 0.3) is 0 Å². The Hall–Kier alpha value is -2.20. The predicted octanol–water partition coefficient (Wildman–Crippen LogP) is 2.66. The number of morpholine rings is 1. The second-order valence-corrected chi connectivity index (χ2v) is 5.98. The summed E-state index contributed by atoms with van der Waals surface area (Å²) in [5.74, 6) is -0.00296. The van der Waals surface area contributed by atoms with Gasteiger partial charge in [0.15, 0.2) is 0 Å². The highest BCUT2D eigenvalue weighted by Crippen LogP contribution is 2.25. The first-order valence-corrected chi connectivity index (χ1v) is 8.08. The van der Waals surface area contributed by atoms with E-state index < -0.39 is 0 Å². The molecule has 0 N–H and O–H groups in total. The minimum Gasteiger partial charge on any atom is -0.377 e. The third-order valence-corrected chi connectivity index (χ3v) is 4.31. The Kier molecular flexibility index (Phi) is 5.03. The van der Waals surface area contributed by atoms with Gasteiger partial charge in [-0.2, -0.15) is 0 Å². The van der Waals surface area contributed by atoms with Crippen LogP contribution in [0, 0.1) is 0 Å². The molecule has 120 valence electrons. The van der Waals surface area contributed by atoms with Gasteiger partial charge in [0, 0.05) is 18.9 Å². The van der Waals surface area contributed by atoms with Crippen molar-refractivity contribution in [3.8, 4) is 0 Å². The van der Waals surface area contributed by atoms with Crippen LogP contribution in [0.1, 0.15) is 24.0 Å². The van der Waals surface area contributed by atoms with E-state index in [-0.39, 0.29) is 17.9 Å². The van der Waals surface area contributed by atoms with Crippen molar-refractivity contribution in [3.05, 3.63) is 66.0 Å². The number of ether oxygens (including phenoxy) is 1. The molecule has 2 aromatic rings. The van der Waals surface area contributed by atoms with Crippen molar-refractivity contribution in [1.29, 1.82) is 0 Å². The molecule has 2 unspecified atom stereocenters. The zero-order valence-electron chi connectivity index (χ0n) is 13.4. The first-order chi connectivity index (χ1) is 11.3. The van der Waals surface area contributed by atoms with Crippen LogP contribution in [0.25, 0.3) is 0 Å². The van der Waals surface area contributed by atoms with Crippen LogP contribution in [0.3, 0.4) is 0 Å². The van der Waals surface area contributed by atoms with E-state index >= 15 is 0 Å². The van der Waals surface area contributed by atoms with E-state index in [2.05, 4.69) is 4.98 Å². The van der Waals surface area contributed by atoms with Gasteiger partial charge in [-0.25, -0.2) is 0 Å². The lowest BCUT2D eigenvalue weighted by molar-refractivity contribution is -0.140. The number of rotatable bonds is 4. The van der Waals surface area contributed by atoms with Gasteiger partial charge in [0.1, 0.15) is 0 Å². The van der Waals surface area contributed by atoms with Crippen LogP contribution >= 0.6 is 0 Å². The Morgan fingerprint density at radius 1 is 1.30 bits per heavy atom. The minimum absolute atomic E-state index is 0.122. The average molecular weight is 310 g/mol. The van der Waals surface area contributed by atoms with Crippen molar-refractivity contribution in [3.63, 3.8) is 0 Å². The van der Waals surface area contributed by atoms with Crippen LogP contribution in [0.5, 0.6) is 0 Å². The fourth-order valence-electron chi connectivity index (χ4n) is 3.04. The molecule has 23 heavy (non-hydrogen) atoms. The van der Waals surface area contributed by atoms with Gasteiger partial charge in [-0.3, -0.25) is 9.78 Å². The molecule has 1 aliphatic rings. The van der Waals surface area contributed by atoms with Crippen molar-refractivity contribution in [2.24, 2.45) is 0 Å². The largest absolute Gasteiger partial charge is 0.377 e. The van der Waals surface area contributed by atoms with Crippen LogP contribution in [0.2, 0.25) is 0 Å². The molecular formula is C19H22N2O2. The summed E-state index contributed by atoms with van der Waals surface area (Å²) in [6, 6.07) is 14.1. The standard InChI is InChI=1S/C19H22N2O2/c1-15-14-23-11-10-21(15)19(22)18(17-7-3-2-4-8-17)12-16-6-5-9-20-13-16/h2-9,13,15,18H,10-12,14H2,1H3. The normalized spacial score (nSPS) is 19.3. The average Bonchev–Trinajstić information content (AvgIpc) is 2.61. The van der Waals surface area contributed by atoms with E-state index in [1.807, 2.05) is 60.5 Å². The molecule has 4 heteroatoms. The summed E-state index contributed by atoms with van der Waals surface area (Å²) < 4.78 is 5.46. The van der Waals surface area contributed by atoms with Crippen molar-refractivity contribution in [2.45, 2.75) is 25.3 Å². The zero-order valence-corrected chi connectivity index (χ0v) is 13.4. The maximum atomic E-state index is 13.2. The second-order valence-electron chi connectivity index (χ2n) is 5.98. The molecule has 1 aromatic carbocycles. The molecule has 0 saturated carbocycles. The van der Waals surface area contributed by atoms with E-state index in [1.165, 1.54) is 0 Å². The van der Waals surface area contributed by atoms with Crippen molar-refractivity contribution in [2.75, 3.05) is 19.8 Å². The number of amides is 1. The fraction of sp³-hybridized carbons (Fsp3) is 0.368. The molecule has 4 nitrogen and oxygen atoms in total. The maximum Gasteiger partial charge on any atom is 0.230 e. The Bertz CT molecular complexity index is 630. The number of nitrogens with zero attached hydrogens (tertiary/aromatic N) is 2. The van der Waals surface area contributed by atoms with Gasteiger partial charge >= 0.3 is 0 Å². The SMILES string of the molecule is CC1COCCN1C(=O)C(Cc1cccnc1)c1ccccc1. The van der Waals surface area contributed by atoms with Gasteiger partial charge in [-0.15, -0.1) is 0 Å². The van der Waals surface area contributed by atoms with Gasteiger partial charge in [-0.05, 0) is 30.5 Å². The highest BCUT2D eigenvalue weighted by molar-refractivity contribution is 5.84. The zero-order chi connectivity index (χ0) is 16.1. The molecule has 0 radical (unpaired) electrons. The highest BCUT2D eigenvalue weighted by atomic mass is 16.5. The Morgan fingerprint density at radius 2 is 2.13 bits per heavy atom. The fourth-order valence-corrected chi connectivity index (χ4v) is 3.04. The number of hydrogen-bond acceptors (Lipinski definition) is 3. The smallest absolute Gasteiger partial charge is 0.230 e. The lowest BCUT2D eigenvalue weighted by Gasteiger charge is -2.36. The van der Waals surface area contributed by atoms with Crippen molar-refractivity contribution >= 4 is 5.91 Å². The Balaban J connectivity index is 1.87.